The second kappa shape index (κ2) is 6.68. The molecule has 0 unspecified atom stereocenters. The summed E-state index contributed by atoms with van der Waals surface area (Å²) in [4.78, 5) is 13.7. The summed E-state index contributed by atoms with van der Waals surface area (Å²) in [6, 6.07) is 10.7. The van der Waals surface area contributed by atoms with Crippen LogP contribution in [0.4, 0.5) is 5.82 Å². The van der Waals surface area contributed by atoms with E-state index in [4.69, 9.17) is 0 Å². The molecule has 1 saturated heterocycles. The van der Waals surface area contributed by atoms with Crippen molar-refractivity contribution in [3.63, 3.8) is 0 Å². The van der Waals surface area contributed by atoms with Gasteiger partial charge in [0.1, 0.15) is 5.82 Å². The largest absolute Gasteiger partial charge is 0.353 e. The van der Waals surface area contributed by atoms with E-state index >= 15 is 0 Å². The number of nitrogens with zero attached hydrogens (tertiary/aromatic N) is 4. The summed E-state index contributed by atoms with van der Waals surface area (Å²) < 4.78 is 0. The van der Waals surface area contributed by atoms with Crippen molar-refractivity contribution in [1.29, 1.82) is 0 Å². The van der Waals surface area contributed by atoms with Gasteiger partial charge >= 0.3 is 0 Å². The molecule has 2 heterocycles. The van der Waals surface area contributed by atoms with E-state index in [2.05, 4.69) is 50.1 Å². The summed E-state index contributed by atoms with van der Waals surface area (Å²) in [5, 5.41) is 0. The Morgan fingerprint density at radius 1 is 1.00 bits per heavy atom. The number of hydrogen-bond donors (Lipinski definition) is 0. The zero-order valence-corrected chi connectivity index (χ0v) is 12.6. The summed E-state index contributed by atoms with van der Waals surface area (Å²) in [5.74, 6) is 1.01. The van der Waals surface area contributed by atoms with Gasteiger partial charge in [-0.1, -0.05) is 30.3 Å². The predicted molar refractivity (Wildman–Crippen MR) is 85.6 cm³/mol. The molecule has 0 aliphatic carbocycles. The van der Waals surface area contributed by atoms with Crippen LogP contribution in [0.5, 0.6) is 0 Å². The number of aryl methyl sites for hydroxylation is 1. The quantitative estimate of drug-likeness (QED) is 0.860. The number of rotatable bonds is 4. The van der Waals surface area contributed by atoms with Crippen molar-refractivity contribution in [2.24, 2.45) is 0 Å². The number of piperazine rings is 1. The van der Waals surface area contributed by atoms with Crippen molar-refractivity contribution in [3.05, 3.63) is 54.0 Å². The molecule has 0 radical (unpaired) electrons. The molecule has 1 aliphatic rings. The van der Waals surface area contributed by atoms with Crippen molar-refractivity contribution >= 4 is 5.82 Å². The van der Waals surface area contributed by atoms with Crippen LogP contribution in [0.1, 0.15) is 11.3 Å². The molecule has 0 saturated carbocycles. The minimum absolute atomic E-state index is 0.985. The van der Waals surface area contributed by atoms with E-state index in [9.17, 15) is 0 Å². The molecule has 0 bridgehead atoms. The van der Waals surface area contributed by atoms with Crippen LogP contribution in [0.15, 0.2) is 42.7 Å². The summed E-state index contributed by atoms with van der Waals surface area (Å²) in [6.45, 7) is 7.40. The monoisotopic (exact) mass is 282 g/mol. The molecule has 1 aromatic carbocycles. The van der Waals surface area contributed by atoms with Gasteiger partial charge in [0.15, 0.2) is 0 Å². The molecule has 21 heavy (non-hydrogen) atoms. The Morgan fingerprint density at radius 3 is 2.48 bits per heavy atom. The van der Waals surface area contributed by atoms with Crippen LogP contribution in [-0.4, -0.2) is 47.6 Å². The lowest BCUT2D eigenvalue weighted by Crippen LogP contribution is -2.47. The van der Waals surface area contributed by atoms with E-state index in [1.165, 1.54) is 5.56 Å². The molecule has 2 aromatic rings. The van der Waals surface area contributed by atoms with Crippen LogP contribution < -0.4 is 4.90 Å². The van der Waals surface area contributed by atoms with Gasteiger partial charge in [-0.15, -0.1) is 0 Å². The van der Waals surface area contributed by atoms with E-state index < -0.39 is 0 Å². The van der Waals surface area contributed by atoms with Crippen molar-refractivity contribution < 1.29 is 0 Å². The molecule has 0 spiro atoms. The van der Waals surface area contributed by atoms with E-state index in [0.717, 1.165) is 50.7 Å². The Balaban J connectivity index is 1.49. The highest BCUT2D eigenvalue weighted by Gasteiger charge is 2.17. The Labute approximate surface area is 126 Å². The molecule has 4 heteroatoms. The minimum atomic E-state index is 0.985. The van der Waals surface area contributed by atoms with E-state index in [0.29, 0.717) is 0 Å². The van der Waals surface area contributed by atoms with Gasteiger partial charge in [0.2, 0.25) is 0 Å². The van der Waals surface area contributed by atoms with Crippen molar-refractivity contribution in [2.45, 2.75) is 13.3 Å². The van der Waals surface area contributed by atoms with E-state index in [-0.39, 0.29) is 0 Å². The topological polar surface area (TPSA) is 32.3 Å². The molecule has 1 aromatic heterocycles. The van der Waals surface area contributed by atoms with Gasteiger partial charge in [-0.2, -0.15) is 0 Å². The van der Waals surface area contributed by atoms with Crippen LogP contribution in [-0.2, 0) is 6.42 Å². The van der Waals surface area contributed by atoms with Crippen molar-refractivity contribution in [2.75, 3.05) is 37.6 Å². The maximum absolute atomic E-state index is 4.56. The van der Waals surface area contributed by atoms with Gasteiger partial charge in [-0.3, -0.25) is 9.88 Å². The predicted octanol–water partition coefficient (Wildman–Crippen LogP) is 2.15. The maximum Gasteiger partial charge on any atom is 0.147 e. The first-order valence-electron chi connectivity index (χ1n) is 7.61. The Morgan fingerprint density at radius 2 is 1.76 bits per heavy atom. The Kier molecular flexibility index (Phi) is 4.46. The fourth-order valence-electron chi connectivity index (χ4n) is 2.74. The van der Waals surface area contributed by atoms with Gasteiger partial charge in [-0.05, 0) is 18.9 Å². The second-order valence-electron chi connectivity index (χ2n) is 5.58. The van der Waals surface area contributed by atoms with Crippen LogP contribution in [0.3, 0.4) is 0 Å². The minimum Gasteiger partial charge on any atom is -0.353 e. The Hall–Kier alpha value is -1.94. The number of benzene rings is 1. The van der Waals surface area contributed by atoms with Crippen LogP contribution in [0.2, 0.25) is 0 Å². The fraction of sp³-hybridized carbons (Fsp3) is 0.412. The molecular formula is C17H22N4. The highest BCUT2D eigenvalue weighted by Crippen LogP contribution is 2.13. The first-order chi connectivity index (χ1) is 10.3. The van der Waals surface area contributed by atoms with Crippen LogP contribution >= 0.6 is 0 Å². The fourth-order valence-corrected chi connectivity index (χ4v) is 2.74. The normalized spacial score (nSPS) is 16.1. The Bertz CT molecular complexity index is 562. The summed E-state index contributed by atoms with van der Waals surface area (Å²) in [6.07, 6.45) is 4.80. The molecule has 0 atom stereocenters. The SMILES string of the molecule is Cc1cncc(N2CCN(CCc3ccccc3)CC2)n1. The van der Waals surface area contributed by atoms with Crippen molar-refractivity contribution in [1.82, 2.24) is 14.9 Å². The molecule has 0 amide bonds. The summed E-state index contributed by atoms with van der Waals surface area (Å²) >= 11 is 0. The molecule has 110 valence electrons. The average molecular weight is 282 g/mol. The first kappa shape index (κ1) is 14.0. The molecule has 0 N–H and O–H groups in total. The summed E-state index contributed by atoms with van der Waals surface area (Å²) in [7, 11) is 0. The number of aromatic nitrogens is 2. The highest BCUT2D eigenvalue weighted by molar-refractivity contribution is 5.36. The lowest BCUT2D eigenvalue weighted by molar-refractivity contribution is 0.260. The third-order valence-corrected chi connectivity index (χ3v) is 4.00. The second-order valence-corrected chi connectivity index (χ2v) is 5.58. The molecule has 1 aliphatic heterocycles. The molecule has 3 rings (SSSR count). The standard InChI is InChI=1S/C17H22N4/c1-15-13-18-14-17(19-15)21-11-9-20(10-12-21)8-7-16-5-3-2-4-6-16/h2-6,13-14H,7-12H2,1H3. The maximum atomic E-state index is 4.56. The molecular weight excluding hydrogens is 260 g/mol. The van der Waals surface area contributed by atoms with E-state index in [1.807, 2.05) is 13.1 Å². The third-order valence-electron chi connectivity index (χ3n) is 4.00. The van der Waals surface area contributed by atoms with E-state index in [1.54, 1.807) is 6.20 Å². The van der Waals surface area contributed by atoms with Crippen LogP contribution in [0.25, 0.3) is 0 Å². The van der Waals surface area contributed by atoms with Gasteiger partial charge < -0.3 is 4.90 Å². The lowest BCUT2D eigenvalue weighted by atomic mass is 10.1. The van der Waals surface area contributed by atoms with Gasteiger partial charge in [0, 0.05) is 38.9 Å². The molecule has 1 fully saturated rings. The number of anilines is 1. The average Bonchev–Trinajstić information content (AvgIpc) is 2.54. The highest BCUT2D eigenvalue weighted by atomic mass is 15.3. The first-order valence-corrected chi connectivity index (χ1v) is 7.61. The molecule has 4 nitrogen and oxygen atoms in total. The van der Waals surface area contributed by atoms with Gasteiger partial charge in [-0.25, -0.2) is 4.98 Å². The lowest BCUT2D eigenvalue weighted by Gasteiger charge is -2.35. The zero-order chi connectivity index (χ0) is 14.5. The third kappa shape index (κ3) is 3.79. The summed E-state index contributed by atoms with van der Waals surface area (Å²) in [5.41, 5.74) is 2.41. The zero-order valence-electron chi connectivity index (χ0n) is 12.6. The van der Waals surface area contributed by atoms with Gasteiger partial charge in [0.25, 0.3) is 0 Å². The number of hydrogen-bond acceptors (Lipinski definition) is 4. The van der Waals surface area contributed by atoms with Gasteiger partial charge in [0.05, 0.1) is 11.9 Å². The smallest absolute Gasteiger partial charge is 0.147 e. The van der Waals surface area contributed by atoms with Crippen LogP contribution in [0, 0.1) is 6.92 Å². The van der Waals surface area contributed by atoms with Crippen molar-refractivity contribution in [3.8, 4) is 0 Å².